The van der Waals surface area contributed by atoms with Crippen molar-refractivity contribution in [1.29, 1.82) is 0 Å². The Kier molecular flexibility index (Phi) is 3.27. The normalized spacial score (nSPS) is 11.6. The van der Waals surface area contributed by atoms with Crippen LogP contribution in [0.2, 0.25) is 0 Å². The molecule has 6 aromatic rings. The molecule has 0 aliphatic heterocycles. The van der Waals surface area contributed by atoms with Gasteiger partial charge >= 0.3 is 0 Å². The lowest BCUT2D eigenvalue weighted by molar-refractivity contribution is 1.69. The summed E-state index contributed by atoms with van der Waals surface area (Å²) in [7, 11) is 0. The zero-order valence-corrected chi connectivity index (χ0v) is 15.3. The van der Waals surface area contributed by atoms with Gasteiger partial charge in [0.15, 0.2) is 0 Å². The van der Waals surface area contributed by atoms with Crippen LogP contribution in [0.25, 0.3) is 54.2 Å². The summed E-state index contributed by atoms with van der Waals surface area (Å²) in [5, 5.41) is 10.2. The van der Waals surface area contributed by atoms with Gasteiger partial charge in [0.25, 0.3) is 0 Å². The van der Waals surface area contributed by atoms with Gasteiger partial charge in [-0.1, -0.05) is 103 Å². The minimum Gasteiger partial charge on any atom is -0.0616 e. The first-order valence-corrected chi connectivity index (χ1v) is 9.63. The second-order valence-corrected chi connectivity index (χ2v) is 7.29. The van der Waals surface area contributed by atoms with Gasteiger partial charge in [-0.15, -0.1) is 0 Å². The molecule has 0 aromatic heterocycles. The van der Waals surface area contributed by atoms with Gasteiger partial charge < -0.3 is 0 Å². The van der Waals surface area contributed by atoms with Crippen LogP contribution in [0, 0.1) is 6.07 Å². The van der Waals surface area contributed by atoms with E-state index in [1.807, 2.05) is 0 Å². The van der Waals surface area contributed by atoms with Crippen molar-refractivity contribution in [2.45, 2.75) is 0 Å². The molecule has 0 heterocycles. The van der Waals surface area contributed by atoms with Crippen molar-refractivity contribution in [3.05, 3.63) is 109 Å². The molecule has 0 saturated heterocycles. The number of hydrogen-bond donors (Lipinski definition) is 0. The summed E-state index contributed by atoms with van der Waals surface area (Å²) in [4.78, 5) is 0. The van der Waals surface area contributed by atoms with E-state index in [9.17, 15) is 0 Å². The van der Waals surface area contributed by atoms with Crippen molar-refractivity contribution in [3.63, 3.8) is 0 Å². The van der Waals surface area contributed by atoms with Gasteiger partial charge in [-0.3, -0.25) is 0 Å². The molecule has 6 aromatic carbocycles. The lowest BCUT2D eigenvalue weighted by Gasteiger charge is -2.13. The van der Waals surface area contributed by atoms with Crippen molar-refractivity contribution < 1.29 is 0 Å². The van der Waals surface area contributed by atoms with Gasteiger partial charge in [-0.25, -0.2) is 0 Å². The van der Waals surface area contributed by atoms with E-state index in [1.54, 1.807) is 0 Å². The highest BCUT2D eigenvalue weighted by atomic mass is 14.1. The number of benzene rings is 6. The van der Waals surface area contributed by atoms with Crippen molar-refractivity contribution in [2.24, 2.45) is 0 Å². The Hall–Kier alpha value is -3.64. The van der Waals surface area contributed by atoms with Crippen LogP contribution in [-0.4, -0.2) is 0 Å². The topological polar surface area (TPSA) is 0 Å². The highest BCUT2D eigenvalue weighted by molar-refractivity contribution is 6.17. The maximum Gasteiger partial charge on any atom is -0.00201 e. The van der Waals surface area contributed by atoms with Crippen LogP contribution in [0.15, 0.2) is 103 Å². The van der Waals surface area contributed by atoms with Crippen molar-refractivity contribution in [3.8, 4) is 11.1 Å². The van der Waals surface area contributed by atoms with Gasteiger partial charge in [-0.05, 0) is 60.3 Å². The third-order valence-electron chi connectivity index (χ3n) is 5.77. The Balaban J connectivity index is 1.73. The summed E-state index contributed by atoms with van der Waals surface area (Å²) >= 11 is 0. The Morgan fingerprint density at radius 2 is 1.00 bits per heavy atom. The molecule has 0 fully saturated rings. The monoisotopic (exact) mass is 353 g/mol. The Labute approximate surface area is 163 Å². The molecule has 0 nitrogen and oxygen atoms in total. The Bertz CT molecular complexity index is 1390. The summed E-state index contributed by atoms with van der Waals surface area (Å²) in [6, 6.07) is 40.5. The fourth-order valence-corrected chi connectivity index (χ4v) is 4.46. The average Bonchev–Trinajstić information content (AvgIpc) is 2.78. The van der Waals surface area contributed by atoms with E-state index in [2.05, 4.69) is 109 Å². The molecule has 0 atom stereocenters. The second-order valence-electron chi connectivity index (χ2n) is 7.29. The fourth-order valence-electron chi connectivity index (χ4n) is 4.46. The third kappa shape index (κ3) is 2.18. The molecular weight excluding hydrogens is 336 g/mol. The van der Waals surface area contributed by atoms with E-state index in [0.717, 1.165) is 0 Å². The lowest BCUT2D eigenvalue weighted by Crippen LogP contribution is -1.86. The summed E-state index contributed by atoms with van der Waals surface area (Å²) in [6.07, 6.45) is 0. The molecule has 0 saturated carbocycles. The maximum atomic E-state index is 3.53. The minimum atomic E-state index is 1.17. The van der Waals surface area contributed by atoms with E-state index >= 15 is 0 Å². The first-order chi connectivity index (χ1) is 13.9. The summed E-state index contributed by atoms with van der Waals surface area (Å²) in [5.74, 6) is 0. The van der Waals surface area contributed by atoms with E-state index in [0.29, 0.717) is 0 Å². The quantitative estimate of drug-likeness (QED) is 0.265. The first-order valence-electron chi connectivity index (χ1n) is 9.63. The second kappa shape index (κ2) is 5.94. The van der Waals surface area contributed by atoms with Crippen molar-refractivity contribution in [1.82, 2.24) is 0 Å². The number of rotatable bonds is 1. The smallest absolute Gasteiger partial charge is 0.00201 e. The van der Waals surface area contributed by atoms with Crippen LogP contribution in [0.1, 0.15) is 0 Å². The molecule has 6 rings (SSSR count). The van der Waals surface area contributed by atoms with Crippen LogP contribution in [0.5, 0.6) is 0 Å². The molecule has 1 radical (unpaired) electrons. The lowest BCUT2D eigenvalue weighted by atomic mass is 9.91. The zero-order valence-electron chi connectivity index (χ0n) is 15.3. The maximum absolute atomic E-state index is 3.53. The molecule has 0 bridgehead atoms. The Morgan fingerprint density at radius 3 is 1.75 bits per heavy atom. The zero-order chi connectivity index (χ0) is 18.5. The van der Waals surface area contributed by atoms with Crippen LogP contribution in [0.3, 0.4) is 0 Å². The number of fused-ring (bicyclic) bond motifs is 6. The molecule has 0 aliphatic rings. The molecule has 28 heavy (non-hydrogen) atoms. The molecule has 129 valence electrons. The van der Waals surface area contributed by atoms with Gasteiger partial charge in [0.2, 0.25) is 0 Å². The molecule has 0 spiro atoms. The minimum absolute atomic E-state index is 1.17. The fraction of sp³-hybridized carbons (Fsp3) is 0. The predicted octanol–water partition coefficient (Wildman–Crippen LogP) is 7.77. The summed E-state index contributed by atoms with van der Waals surface area (Å²) in [6.45, 7) is 0. The molecule has 0 unspecified atom stereocenters. The van der Waals surface area contributed by atoms with E-state index in [1.165, 1.54) is 54.2 Å². The largest absolute Gasteiger partial charge is 0.0616 e. The van der Waals surface area contributed by atoms with Gasteiger partial charge in [0, 0.05) is 0 Å². The molecule has 0 aliphatic carbocycles. The van der Waals surface area contributed by atoms with Gasteiger partial charge in [0.05, 0.1) is 0 Å². The standard InChI is InChI=1S/C28H17/c1-3-9-21-19(7-1)15-17-27-23(21)11-5-13-25(27)26-14-6-12-24-22-10-4-2-8-20(22)16-18-28(24)26/h1-13,15-18H. The highest BCUT2D eigenvalue weighted by Gasteiger charge is 2.11. The van der Waals surface area contributed by atoms with Crippen molar-refractivity contribution >= 4 is 43.1 Å². The van der Waals surface area contributed by atoms with Crippen LogP contribution < -0.4 is 0 Å². The SMILES string of the molecule is [c]1ccc2c(ccc3ccccc32)c1-c1cccc2c1ccc1ccccc12. The van der Waals surface area contributed by atoms with Crippen LogP contribution in [-0.2, 0) is 0 Å². The summed E-state index contributed by atoms with van der Waals surface area (Å²) < 4.78 is 0. The average molecular weight is 353 g/mol. The van der Waals surface area contributed by atoms with Crippen LogP contribution >= 0.6 is 0 Å². The first kappa shape index (κ1) is 15.4. The third-order valence-corrected chi connectivity index (χ3v) is 5.77. The predicted molar refractivity (Wildman–Crippen MR) is 121 cm³/mol. The summed E-state index contributed by atoms with van der Waals surface area (Å²) in [5.41, 5.74) is 2.41. The van der Waals surface area contributed by atoms with Crippen molar-refractivity contribution in [2.75, 3.05) is 0 Å². The molecule has 0 N–H and O–H groups in total. The molecular formula is C28H17. The van der Waals surface area contributed by atoms with E-state index in [4.69, 9.17) is 0 Å². The molecule has 0 amide bonds. The van der Waals surface area contributed by atoms with Crippen LogP contribution in [0.4, 0.5) is 0 Å². The van der Waals surface area contributed by atoms with E-state index in [-0.39, 0.29) is 0 Å². The van der Waals surface area contributed by atoms with Gasteiger partial charge in [0.1, 0.15) is 0 Å². The van der Waals surface area contributed by atoms with E-state index < -0.39 is 0 Å². The van der Waals surface area contributed by atoms with Gasteiger partial charge in [-0.2, -0.15) is 0 Å². The Morgan fingerprint density at radius 1 is 0.393 bits per heavy atom. The highest BCUT2D eigenvalue weighted by Crippen LogP contribution is 2.37. The molecule has 0 heteroatoms. The number of hydrogen-bond acceptors (Lipinski definition) is 0.